The van der Waals surface area contributed by atoms with Crippen LogP contribution in [0.15, 0.2) is 0 Å². The van der Waals surface area contributed by atoms with Crippen molar-refractivity contribution in [3.05, 3.63) is 0 Å². The van der Waals surface area contributed by atoms with E-state index in [9.17, 15) is 9.90 Å². The van der Waals surface area contributed by atoms with Crippen molar-refractivity contribution < 1.29 is 9.90 Å². The first-order valence-electron chi connectivity index (χ1n) is 8.03. The predicted octanol–water partition coefficient (Wildman–Crippen LogP) is 1.66. The third-order valence-electron chi connectivity index (χ3n) is 5.90. The molecule has 0 saturated heterocycles. The fraction of sp³-hybridized carbons (Fsp3) is 0.938. The van der Waals surface area contributed by atoms with E-state index in [0.717, 1.165) is 32.1 Å². The van der Waals surface area contributed by atoms with Gasteiger partial charge in [-0.3, -0.25) is 4.79 Å². The summed E-state index contributed by atoms with van der Waals surface area (Å²) in [5.41, 5.74) is 6.10. The van der Waals surface area contributed by atoms with Gasteiger partial charge in [0.1, 0.15) is 0 Å². The van der Waals surface area contributed by atoms with Crippen LogP contribution in [0.3, 0.4) is 0 Å². The minimum Gasteiger partial charge on any atom is -0.393 e. The third kappa shape index (κ3) is 3.17. The van der Waals surface area contributed by atoms with Crippen molar-refractivity contribution in [3.8, 4) is 0 Å². The number of aliphatic hydroxyl groups excluding tert-OH is 1. The van der Waals surface area contributed by atoms with Crippen molar-refractivity contribution in [2.24, 2.45) is 28.9 Å². The van der Waals surface area contributed by atoms with Gasteiger partial charge >= 0.3 is 0 Å². The molecule has 0 heterocycles. The molecule has 4 nitrogen and oxygen atoms in total. The molecule has 4 heteroatoms. The largest absolute Gasteiger partial charge is 0.393 e. The van der Waals surface area contributed by atoms with Gasteiger partial charge in [0.15, 0.2) is 0 Å². The number of rotatable bonds is 3. The molecule has 0 aromatic rings. The number of nitrogens with one attached hydrogen (secondary N) is 1. The lowest BCUT2D eigenvalue weighted by Crippen LogP contribution is -2.52. The molecule has 2 aliphatic rings. The van der Waals surface area contributed by atoms with E-state index >= 15 is 0 Å². The van der Waals surface area contributed by atoms with Crippen LogP contribution < -0.4 is 11.1 Å². The van der Waals surface area contributed by atoms with Gasteiger partial charge in [-0.05, 0) is 49.4 Å². The summed E-state index contributed by atoms with van der Waals surface area (Å²) in [6.45, 7) is 7.21. The van der Waals surface area contributed by atoms with E-state index in [-0.39, 0.29) is 29.4 Å². The monoisotopic (exact) mass is 282 g/mol. The summed E-state index contributed by atoms with van der Waals surface area (Å²) < 4.78 is 0. The molecule has 5 atom stereocenters. The fourth-order valence-corrected chi connectivity index (χ4v) is 3.92. The van der Waals surface area contributed by atoms with Crippen LogP contribution >= 0.6 is 0 Å². The molecule has 2 fully saturated rings. The number of carbonyl (C=O) groups is 1. The molecule has 4 N–H and O–H groups in total. The lowest BCUT2D eigenvalue weighted by molar-refractivity contribution is -0.132. The summed E-state index contributed by atoms with van der Waals surface area (Å²) in [4.78, 5) is 12.5. The van der Waals surface area contributed by atoms with Crippen LogP contribution in [0.1, 0.15) is 52.9 Å². The minimum absolute atomic E-state index is 0.0447. The summed E-state index contributed by atoms with van der Waals surface area (Å²) in [6, 6.07) is 0.207. The molecular weight excluding hydrogens is 252 g/mol. The van der Waals surface area contributed by atoms with Gasteiger partial charge in [-0.1, -0.05) is 20.8 Å². The van der Waals surface area contributed by atoms with E-state index in [1.165, 1.54) is 0 Å². The highest BCUT2D eigenvalue weighted by Crippen LogP contribution is 2.44. The highest BCUT2D eigenvalue weighted by Gasteiger charge is 2.45. The van der Waals surface area contributed by atoms with Gasteiger partial charge in [-0.15, -0.1) is 0 Å². The number of hydrogen-bond donors (Lipinski definition) is 3. The van der Waals surface area contributed by atoms with Crippen LogP contribution in [-0.4, -0.2) is 29.7 Å². The summed E-state index contributed by atoms with van der Waals surface area (Å²) >= 11 is 0. The number of nitrogens with two attached hydrogens (primary N) is 1. The summed E-state index contributed by atoms with van der Waals surface area (Å²) in [5, 5.41) is 12.6. The molecule has 20 heavy (non-hydrogen) atoms. The topological polar surface area (TPSA) is 75.4 Å². The van der Waals surface area contributed by atoms with Crippen LogP contribution in [0.25, 0.3) is 0 Å². The second kappa shape index (κ2) is 6.02. The van der Waals surface area contributed by atoms with Crippen LogP contribution in [-0.2, 0) is 4.79 Å². The highest BCUT2D eigenvalue weighted by molar-refractivity contribution is 5.79. The van der Waals surface area contributed by atoms with E-state index in [0.29, 0.717) is 18.4 Å². The smallest absolute Gasteiger partial charge is 0.223 e. The Morgan fingerprint density at radius 2 is 2.00 bits per heavy atom. The summed E-state index contributed by atoms with van der Waals surface area (Å²) in [5.74, 6) is 1.04. The van der Waals surface area contributed by atoms with Gasteiger partial charge in [0, 0.05) is 18.5 Å². The predicted molar refractivity (Wildman–Crippen MR) is 80.0 cm³/mol. The van der Waals surface area contributed by atoms with Gasteiger partial charge in [-0.25, -0.2) is 0 Å². The Hall–Kier alpha value is -0.610. The molecule has 116 valence electrons. The van der Waals surface area contributed by atoms with Gasteiger partial charge in [0.25, 0.3) is 0 Å². The second-order valence-corrected chi connectivity index (χ2v) is 7.48. The van der Waals surface area contributed by atoms with Crippen molar-refractivity contribution in [2.75, 3.05) is 6.54 Å². The first-order valence-corrected chi connectivity index (χ1v) is 8.03. The Kier molecular flexibility index (Phi) is 4.75. The molecule has 0 aliphatic heterocycles. The molecule has 2 aliphatic carbocycles. The standard InChI is InChI=1S/C16H30N2O2/c1-10-14(17)7-6-13(16(10,2)3)15(20)18-9-11-4-5-12(19)8-11/h10-14,19H,4-9,17H2,1-3H3,(H,18,20). The Morgan fingerprint density at radius 3 is 2.60 bits per heavy atom. The third-order valence-corrected chi connectivity index (χ3v) is 5.90. The molecule has 2 rings (SSSR count). The van der Waals surface area contributed by atoms with Gasteiger partial charge in [0.2, 0.25) is 5.91 Å². The molecule has 0 aromatic heterocycles. The lowest BCUT2D eigenvalue weighted by Gasteiger charge is -2.46. The van der Waals surface area contributed by atoms with Crippen molar-refractivity contribution in [1.29, 1.82) is 0 Å². The van der Waals surface area contributed by atoms with Gasteiger partial charge in [-0.2, -0.15) is 0 Å². The molecule has 0 aromatic carbocycles. The Labute approximate surface area is 122 Å². The molecule has 0 radical (unpaired) electrons. The van der Waals surface area contributed by atoms with Crippen LogP contribution in [0.2, 0.25) is 0 Å². The average molecular weight is 282 g/mol. The Morgan fingerprint density at radius 1 is 1.30 bits per heavy atom. The second-order valence-electron chi connectivity index (χ2n) is 7.48. The van der Waals surface area contributed by atoms with E-state index in [1.54, 1.807) is 0 Å². The zero-order valence-electron chi connectivity index (χ0n) is 13.1. The van der Waals surface area contributed by atoms with Crippen molar-refractivity contribution in [1.82, 2.24) is 5.32 Å². The molecule has 5 unspecified atom stereocenters. The van der Waals surface area contributed by atoms with Gasteiger partial charge < -0.3 is 16.2 Å². The average Bonchev–Trinajstić information content (AvgIpc) is 2.79. The molecular formula is C16H30N2O2. The van der Waals surface area contributed by atoms with Crippen molar-refractivity contribution in [3.63, 3.8) is 0 Å². The van der Waals surface area contributed by atoms with E-state index in [4.69, 9.17) is 5.73 Å². The van der Waals surface area contributed by atoms with Crippen LogP contribution in [0.4, 0.5) is 0 Å². The van der Waals surface area contributed by atoms with E-state index < -0.39 is 0 Å². The quantitative estimate of drug-likeness (QED) is 0.737. The SMILES string of the molecule is CC1C(N)CCC(C(=O)NCC2CCC(O)C2)C1(C)C. The highest BCUT2D eigenvalue weighted by atomic mass is 16.3. The molecule has 1 amide bonds. The zero-order valence-corrected chi connectivity index (χ0v) is 13.1. The van der Waals surface area contributed by atoms with E-state index in [1.807, 2.05) is 0 Å². The maximum absolute atomic E-state index is 12.5. The first kappa shape index (κ1) is 15.8. The zero-order chi connectivity index (χ0) is 14.9. The van der Waals surface area contributed by atoms with Gasteiger partial charge in [0.05, 0.1) is 6.10 Å². The maximum Gasteiger partial charge on any atom is 0.223 e. The summed E-state index contributed by atoms with van der Waals surface area (Å²) in [7, 11) is 0. The molecule has 0 spiro atoms. The molecule has 2 saturated carbocycles. The minimum atomic E-state index is -0.166. The Balaban J connectivity index is 1.88. The van der Waals surface area contributed by atoms with Crippen LogP contribution in [0.5, 0.6) is 0 Å². The fourth-order valence-electron chi connectivity index (χ4n) is 3.92. The van der Waals surface area contributed by atoms with Crippen molar-refractivity contribution in [2.45, 2.75) is 65.0 Å². The lowest BCUT2D eigenvalue weighted by atomic mass is 9.61. The first-order chi connectivity index (χ1) is 9.32. The van der Waals surface area contributed by atoms with Crippen molar-refractivity contribution >= 4 is 5.91 Å². The van der Waals surface area contributed by atoms with E-state index in [2.05, 4.69) is 26.1 Å². The maximum atomic E-state index is 12.5. The number of aliphatic hydroxyl groups is 1. The number of carbonyl (C=O) groups excluding carboxylic acids is 1. The Bertz CT molecular complexity index is 356. The molecule has 0 bridgehead atoms. The number of amides is 1. The number of hydrogen-bond acceptors (Lipinski definition) is 3. The summed E-state index contributed by atoms with van der Waals surface area (Å²) in [6.07, 6.45) is 4.39. The normalized spacial score (nSPS) is 40.5. The van der Waals surface area contributed by atoms with Crippen LogP contribution in [0, 0.1) is 23.2 Å².